The Kier molecular flexibility index (Phi) is 5.26. The van der Waals surface area contributed by atoms with Crippen LogP contribution in [-0.2, 0) is 4.79 Å². The van der Waals surface area contributed by atoms with Gasteiger partial charge in [0.05, 0.1) is 18.4 Å². The zero-order valence-corrected chi connectivity index (χ0v) is 10.4. The molecule has 5 heteroatoms. The van der Waals surface area contributed by atoms with Crippen LogP contribution in [0, 0.1) is 0 Å². The first-order valence-electron chi connectivity index (χ1n) is 5.83. The summed E-state index contributed by atoms with van der Waals surface area (Å²) in [5.74, 6) is 0.754. The first-order valence-corrected chi connectivity index (χ1v) is 5.83. The van der Waals surface area contributed by atoms with Crippen molar-refractivity contribution in [3.05, 3.63) is 18.3 Å². The van der Waals surface area contributed by atoms with Crippen molar-refractivity contribution in [1.82, 2.24) is 10.3 Å². The van der Waals surface area contributed by atoms with Gasteiger partial charge in [0, 0.05) is 13.6 Å². The van der Waals surface area contributed by atoms with E-state index in [2.05, 4.69) is 17.2 Å². The predicted octanol–water partition coefficient (Wildman–Crippen LogP) is 1.02. The highest BCUT2D eigenvalue weighted by molar-refractivity contribution is 5.80. The Balaban J connectivity index is 2.40. The first-order chi connectivity index (χ1) is 8.13. The summed E-state index contributed by atoms with van der Waals surface area (Å²) in [7, 11) is 1.83. The van der Waals surface area contributed by atoms with Crippen LogP contribution in [0.1, 0.15) is 19.8 Å². The summed E-state index contributed by atoms with van der Waals surface area (Å²) in [5.41, 5.74) is 6.17. The lowest BCUT2D eigenvalue weighted by Crippen LogP contribution is -2.35. The molecule has 0 radical (unpaired) electrons. The Hall–Kier alpha value is -1.78. The number of likely N-dealkylation sites (N-methyl/N-ethyl adjacent to an activating group) is 1. The fourth-order valence-electron chi connectivity index (χ4n) is 1.38. The molecule has 0 bridgehead atoms. The van der Waals surface area contributed by atoms with Crippen molar-refractivity contribution in [2.75, 3.05) is 30.8 Å². The van der Waals surface area contributed by atoms with Crippen LogP contribution in [0.25, 0.3) is 0 Å². The van der Waals surface area contributed by atoms with Crippen molar-refractivity contribution >= 4 is 17.4 Å². The van der Waals surface area contributed by atoms with E-state index in [4.69, 9.17) is 5.73 Å². The quantitative estimate of drug-likeness (QED) is 0.723. The van der Waals surface area contributed by atoms with E-state index >= 15 is 0 Å². The molecule has 1 heterocycles. The number of carbonyl (C=O) groups is 1. The van der Waals surface area contributed by atoms with Gasteiger partial charge in [-0.15, -0.1) is 0 Å². The standard InChI is InChI=1S/C12H20N4O/c1-3-4-7-14-12(17)9-16(2)11-6-5-10(13)8-15-11/h5-6,8H,3-4,7,9,13H2,1-2H3,(H,14,17). The number of nitrogens with two attached hydrogens (primary N) is 1. The van der Waals surface area contributed by atoms with Gasteiger partial charge in [-0.25, -0.2) is 4.98 Å². The number of nitrogens with one attached hydrogen (secondary N) is 1. The number of aromatic nitrogens is 1. The van der Waals surface area contributed by atoms with E-state index in [0.717, 1.165) is 25.2 Å². The Morgan fingerprint density at radius 2 is 2.29 bits per heavy atom. The van der Waals surface area contributed by atoms with E-state index < -0.39 is 0 Å². The van der Waals surface area contributed by atoms with Crippen LogP contribution in [0.2, 0.25) is 0 Å². The second-order valence-corrected chi connectivity index (χ2v) is 4.01. The topological polar surface area (TPSA) is 71.2 Å². The minimum Gasteiger partial charge on any atom is -0.397 e. The van der Waals surface area contributed by atoms with Crippen LogP contribution in [0.3, 0.4) is 0 Å². The van der Waals surface area contributed by atoms with Gasteiger partial charge in [0.2, 0.25) is 5.91 Å². The average Bonchev–Trinajstić information content (AvgIpc) is 2.30. The monoisotopic (exact) mass is 236 g/mol. The second kappa shape index (κ2) is 6.73. The summed E-state index contributed by atoms with van der Waals surface area (Å²) in [6.45, 7) is 3.13. The highest BCUT2D eigenvalue weighted by Crippen LogP contribution is 2.09. The summed E-state index contributed by atoms with van der Waals surface area (Å²) in [4.78, 5) is 17.5. The van der Waals surface area contributed by atoms with Gasteiger partial charge in [0.25, 0.3) is 0 Å². The van der Waals surface area contributed by atoms with E-state index in [1.807, 2.05) is 7.05 Å². The summed E-state index contributed by atoms with van der Waals surface area (Å²) in [5, 5.41) is 2.86. The van der Waals surface area contributed by atoms with Gasteiger partial charge in [0.15, 0.2) is 0 Å². The molecule has 0 fully saturated rings. The molecule has 1 aromatic heterocycles. The number of carbonyl (C=O) groups excluding carboxylic acids is 1. The maximum absolute atomic E-state index is 11.6. The Morgan fingerprint density at radius 1 is 1.53 bits per heavy atom. The van der Waals surface area contributed by atoms with Crippen LogP contribution in [-0.4, -0.2) is 31.0 Å². The Bertz CT molecular complexity index is 350. The minimum atomic E-state index is 0.0135. The molecule has 0 aliphatic heterocycles. The molecule has 0 unspecified atom stereocenters. The van der Waals surface area contributed by atoms with E-state index in [0.29, 0.717) is 12.2 Å². The van der Waals surface area contributed by atoms with Crippen LogP contribution in [0.15, 0.2) is 18.3 Å². The lowest BCUT2D eigenvalue weighted by atomic mass is 10.3. The molecule has 94 valence electrons. The van der Waals surface area contributed by atoms with Gasteiger partial charge in [-0.3, -0.25) is 4.79 Å². The van der Waals surface area contributed by atoms with Gasteiger partial charge in [-0.05, 0) is 18.6 Å². The zero-order chi connectivity index (χ0) is 12.7. The molecular formula is C12H20N4O. The number of anilines is 2. The van der Waals surface area contributed by atoms with Gasteiger partial charge in [-0.1, -0.05) is 13.3 Å². The van der Waals surface area contributed by atoms with Crippen LogP contribution < -0.4 is 16.0 Å². The lowest BCUT2D eigenvalue weighted by Gasteiger charge is -2.17. The fourth-order valence-corrected chi connectivity index (χ4v) is 1.38. The maximum atomic E-state index is 11.6. The molecule has 0 saturated heterocycles. The number of pyridine rings is 1. The first kappa shape index (κ1) is 13.3. The third-order valence-electron chi connectivity index (χ3n) is 2.40. The van der Waals surface area contributed by atoms with Gasteiger partial charge in [0.1, 0.15) is 5.82 Å². The van der Waals surface area contributed by atoms with Crippen LogP contribution in [0.4, 0.5) is 11.5 Å². The van der Waals surface area contributed by atoms with E-state index in [9.17, 15) is 4.79 Å². The summed E-state index contributed by atoms with van der Waals surface area (Å²) >= 11 is 0. The number of hydrogen-bond donors (Lipinski definition) is 2. The Morgan fingerprint density at radius 3 is 2.88 bits per heavy atom. The summed E-state index contributed by atoms with van der Waals surface area (Å²) < 4.78 is 0. The molecule has 1 amide bonds. The van der Waals surface area contributed by atoms with Crippen LogP contribution in [0.5, 0.6) is 0 Å². The van der Waals surface area contributed by atoms with Crippen molar-refractivity contribution < 1.29 is 4.79 Å². The van der Waals surface area contributed by atoms with E-state index in [-0.39, 0.29) is 5.91 Å². The number of hydrogen-bond acceptors (Lipinski definition) is 4. The van der Waals surface area contributed by atoms with Crippen molar-refractivity contribution in [2.24, 2.45) is 0 Å². The highest BCUT2D eigenvalue weighted by Gasteiger charge is 2.07. The minimum absolute atomic E-state index is 0.0135. The molecule has 0 spiro atoms. The number of unbranched alkanes of at least 4 members (excludes halogenated alkanes) is 1. The molecule has 0 aliphatic carbocycles. The third-order valence-corrected chi connectivity index (χ3v) is 2.40. The fraction of sp³-hybridized carbons (Fsp3) is 0.500. The predicted molar refractivity (Wildman–Crippen MR) is 69.8 cm³/mol. The van der Waals surface area contributed by atoms with Gasteiger partial charge in [-0.2, -0.15) is 0 Å². The smallest absolute Gasteiger partial charge is 0.239 e. The summed E-state index contributed by atoms with van der Waals surface area (Å²) in [6, 6.07) is 3.57. The molecular weight excluding hydrogens is 216 g/mol. The van der Waals surface area contributed by atoms with E-state index in [1.54, 1.807) is 23.2 Å². The molecule has 0 aromatic carbocycles. The number of nitrogen functional groups attached to an aromatic ring is 1. The number of nitrogens with zero attached hydrogens (tertiary/aromatic N) is 2. The molecule has 0 saturated carbocycles. The molecule has 0 aliphatic rings. The molecule has 0 atom stereocenters. The van der Waals surface area contributed by atoms with Crippen LogP contribution >= 0.6 is 0 Å². The number of amides is 1. The highest BCUT2D eigenvalue weighted by atomic mass is 16.2. The molecule has 1 rings (SSSR count). The van der Waals surface area contributed by atoms with Crippen molar-refractivity contribution in [1.29, 1.82) is 0 Å². The number of rotatable bonds is 6. The lowest BCUT2D eigenvalue weighted by molar-refractivity contribution is -0.119. The molecule has 3 N–H and O–H groups in total. The molecule has 5 nitrogen and oxygen atoms in total. The summed E-state index contributed by atoms with van der Waals surface area (Å²) in [6.07, 6.45) is 3.67. The van der Waals surface area contributed by atoms with Crippen molar-refractivity contribution in [3.8, 4) is 0 Å². The second-order valence-electron chi connectivity index (χ2n) is 4.01. The Labute approximate surface area is 102 Å². The van der Waals surface area contributed by atoms with Crippen molar-refractivity contribution in [3.63, 3.8) is 0 Å². The van der Waals surface area contributed by atoms with Gasteiger partial charge >= 0.3 is 0 Å². The van der Waals surface area contributed by atoms with Crippen molar-refractivity contribution in [2.45, 2.75) is 19.8 Å². The SMILES string of the molecule is CCCCNC(=O)CN(C)c1ccc(N)cn1. The maximum Gasteiger partial charge on any atom is 0.239 e. The van der Waals surface area contributed by atoms with Gasteiger partial charge < -0.3 is 16.0 Å². The molecule has 17 heavy (non-hydrogen) atoms. The molecule has 1 aromatic rings. The average molecular weight is 236 g/mol. The largest absolute Gasteiger partial charge is 0.397 e. The van der Waals surface area contributed by atoms with E-state index in [1.165, 1.54) is 0 Å². The third kappa shape index (κ3) is 4.72. The zero-order valence-electron chi connectivity index (χ0n) is 10.4. The normalized spacial score (nSPS) is 10.0.